The van der Waals surface area contributed by atoms with Crippen molar-refractivity contribution in [3.05, 3.63) is 70.0 Å². The van der Waals surface area contributed by atoms with Crippen LogP contribution in [0.5, 0.6) is 5.75 Å². The first kappa shape index (κ1) is 23.7. The number of nitrogens with one attached hydrogen (secondary N) is 2. The molecule has 0 spiro atoms. The number of fused-ring (bicyclic) bond motifs is 1. The van der Waals surface area contributed by atoms with Crippen molar-refractivity contribution >= 4 is 39.9 Å². The number of pyridine rings is 1. The van der Waals surface area contributed by atoms with Crippen LogP contribution in [0.25, 0.3) is 10.9 Å². The van der Waals surface area contributed by atoms with E-state index < -0.39 is 5.97 Å². The Labute approximate surface area is 202 Å². The minimum atomic E-state index is -0.462. The first-order valence-corrected chi connectivity index (χ1v) is 11.4. The smallest absolute Gasteiger partial charge is 0.339 e. The molecule has 1 saturated heterocycles. The third-order valence-electron chi connectivity index (χ3n) is 5.80. The average molecular weight is 482 g/mol. The highest BCUT2D eigenvalue weighted by Gasteiger charge is 2.23. The number of hydrogen-bond acceptors (Lipinski definition) is 6. The summed E-state index contributed by atoms with van der Waals surface area (Å²) in [4.78, 5) is 29.9. The van der Waals surface area contributed by atoms with Gasteiger partial charge in [0, 0.05) is 29.6 Å². The normalized spacial score (nSPS) is 15.2. The molecule has 1 aromatic heterocycles. The van der Waals surface area contributed by atoms with Crippen molar-refractivity contribution in [1.29, 1.82) is 0 Å². The van der Waals surface area contributed by atoms with Gasteiger partial charge in [-0.3, -0.25) is 4.79 Å². The number of rotatable bonds is 7. The number of para-hydroxylation sites is 1. The van der Waals surface area contributed by atoms with Crippen LogP contribution in [0, 0.1) is 0 Å². The molecule has 1 atom stereocenters. The standard InChI is InChI=1S/C25H27N3O5S/c1-31-18-9-10-21-16(13-18)12-17(23(29)26-21)14-28(15-19-6-5-11-33-19)25(34)27-22-8-4-3-7-20(22)24(30)32-2/h3-4,7-10,12-13,19H,5-6,11,14-15H2,1-2H3,(H,26,29)(H,27,34)/t19-/m0/s1. The summed E-state index contributed by atoms with van der Waals surface area (Å²) in [5.74, 6) is 0.245. The lowest BCUT2D eigenvalue weighted by molar-refractivity contribution is 0.0602. The number of aromatic amines is 1. The maximum absolute atomic E-state index is 12.9. The Bertz CT molecular complexity index is 1250. The third kappa shape index (κ3) is 5.37. The lowest BCUT2D eigenvalue weighted by Crippen LogP contribution is -2.40. The number of hydrogen-bond donors (Lipinski definition) is 2. The summed E-state index contributed by atoms with van der Waals surface area (Å²) in [6.45, 7) is 1.50. The first-order chi connectivity index (χ1) is 16.5. The molecule has 0 bridgehead atoms. The van der Waals surface area contributed by atoms with Crippen LogP contribution in [-0.2, 0) is 16.0 Å². The van der Waals surface area contributed by atoms with Gasteiger partial charge in [-0.05, 0) is 61.5 Å². The van der Waals surface area contributed by atoms with E-state index in [4.69, 9.17) is 26.4 Å². The van der Waals surface area contributed by atoms with E-state index in [0.29, 0.717) is 40.8 Å². The number of carbonyl (C=O) groups is 1. The van der Waals surface area contributed by atoms with E-state index in [1.54, 1.807) is 31.4 Å². The molecule has 0 aliphatic carbocycles. The predicted molar refractivity (Wildman–Crippen MR) is 135 cm³/mol. The zero-order valence-corrected chi connectivity index (χ0v) is 19.9. The van der Waals surface area contributed by atoms with Crippen molar-refractivity contribution in [2.75, 3.05) is 32.7 Å². The number of anilines is 1. The summed E-state index contributed by atoms with van der Waals surface area (Å²) >= 11 is 5.73. The van der Waals surface area contributed by atoms with Crippen molar-refractivity contribution < 1.29 is 19.0 Å². The SMILES string of the molecule is COC(=O)c1ccccc1NC(=S)N(Cc1cc2cc(OC)ccc2[nH]c1=O)C[C@@H]1CCCO1. The highest BCUT2D eigenvalue weighted by molar-refractivity contribution is 7.80. The van der Waals surface area contributed by atoms with Gasteiger partial charge in [0.15, 0.2) is 5.11 Å². The number of carbonyl (C=O) groups excluding carboxylic acids is 1. The molecule has 2 heterocycles. The molecule has 1 aliphatic rings. The summed E-state index contributed by atoms with van der Waals surface area (Å²) in [7, 11) is 2.94. The zero-order chi connectivity index (χ0) is 24.1. The van der Waals surface area contributed by atoms with Gasteiger partial charge in [0.1, 0.15) is 5.75 Å². The quantitative estimate of drug-likeness (QED) is 0.390. The highest BCUT2D eigenvalue weighted by atomic mass is 32.1. The van der Waals surface area contributed by atoms with Crippen LogP contribution in [0.4, 0.5) is 5.69 Å². The number of benzene rings is 2. The van der Waals surface area contributed by atoms with Crippen molar-refractivity contribution in [3.63, 3.8) is 0 Å². The molecular weight excluding hydrogens is 454 g/mol. The molecule has 1 aliphatic heterocycles. The van der Waals surface area contributed by atoms with Gasteiger partial charge in [0.05, 0.1) is 38.1 Å². The molecule has 2 N–H and O–H groups in total. The zero-order valence-electron chi connectivity index (χ0n) is 19.1. The number of esters is 1. The predicted octanol–water partition coefficient (Wildman–Crippen LogP) is 3.70. The Morgan fingerprint density at radius 3 is 2.79 bits per heavy atom. The van der Waals surface area contributed by atoms with Crippen molar-refractivity contribution in [2.24, 2.45) is 0 Å². The van der Waals surface area contributed by atoms with Crippen LogP contribution < -0.4 is 15.6 Å². The minimum Gasteiger partial charge on any atom is -0.497 e. The van der Waals surface area contributed by atoms with Gasteiger partial charge in [-0.1, -0.05) is 12.1 Å². The largest absolute Gasteiger partial charge is 0.497 e. The molecule has 2 aromatic carbocycles. The second kappa shape index (κ2) is 10.7. The van der Waals surface area contributed by atoms with E-state index in [1.165, 1.54) is 7.11 Å². The minimum absolute atomic E-state index is 0.00947. The Balaban J connectivity index is 1.63. The topological polar surface area (TPSA) is 92.9 Å². The maximum Gasteiger partial charge on any atom is 0.339 e. The van der Waals surface area contributed by atoms with Gasteiger partial charge >= 0.3 is 5.97 Å². The summed E-state index contributed by atoms with van der Waals surface area (Å²) < 4.78 is 16.0. The van der Waals surface area contributed by atoms with E-state index in [-0.39, 0.29) is 18.2 Å². The monoisotopic (exact) mass is 481 g/mol. The van der Waals surface area contributed by atoms with Crippen LogP contribution in [-0.4, -0.2) is 54.4 Å². The fraction of sp³-hybridized carbons (Fsp3) is 0.320. The molecule has 0 amide bonds. The molecule has 178 valence electrons. The van der Waals surface area contributed by atoms with Gasteiger partial charge in [-0.25, -0.2) is 4.79 Å². The lowest BCUT2D eigenvalue weighted by atomic mass is 10.1. The van der Waals surface area contributed by atoms with Crippen molar-refractivity contribution in [3.8, 4) is 5.75 Å². The fourth-order valence-corrected chi connectivity index (χ4v) is 4.26. The average Bonchev–Trinajstić information content (AvgIpc) is 3.36. The molecule has 8 nitrogen and oxygen atoms in total. The molecule has 9 heteroatoms. The Morgan fingerprint density at radius 2 is 2.06 bits per heavy atom. The van der Waals surface area contributed by atoms with E-state index in [1.807, 2.05) is 29.2 Å². The lowest BCUT2D eigenvalue weighted by Gasteiger charge is -2.28. The number of nitrogens with zero attached hydrogens (tertiary/aromatic N) is 1. The second-order valence-electron chi connectivity index (χ2n) is 8.06. The van der Waals surface area contributed by atoms with Gasteiger partial charge < -0.3 is 29.4 Å². The van der Waals surface area contributed by atoms with Crippen molar-refractivity contribution in [1.82, 2.24) is 9.88 Å². The van der Waals surface area contributed by atoms with Crippen LogP contribution in [0.15, 0.2) is 53.3 Å². The first-order valence-electron chi connectivity index (χ1n) is 11.0. The third-order valence-corrected chi connectivity index (χ3v) is 6.16. The molecule has 0 unspecified atom stereocenters. The summed E-state index contributed by atoms with van der Waals surface area (Å²) in [6.07, 6.45) is 1.92. The van der Waals surface area contributed by atoms with Gasteiger partial charge in [-0.15, -0.1) is 0 Å². The molecule has 3 aromatic rings. The number of aromatic nitrogens is 1. The van der Waals surface area contributed by atoms with Crippen LogP contribution in [0.3, 0.4) is 0 Å². The molecule has 4 rings (SSSR count). The second-order valence-corrected chi connectivity index (χ2v) is 8.45. The van der Waals surface area contributed by atoms with Gasteiger partial charge in [0.25, 0.3) is 5.56 Å². The Hall–Kier alpha value is -3.43. The number of methoxy groups -OCH3 is 2. The summed E-state index contributed by atoms with van der Waals surface area (Å²) in [5, 5.41) is 4.41. The highest BCUT2D eigenvalue weighted by Crippen LogP contribution is 2.22. The van der Waals surface area contributed by atoms with Crippen LogP contribution >= 0.6 is 12.2 Å². The number of ether oxygens (including phenoxy) is 3. The van der Waals surface area contributed by atoms with Crippen LogP contribution in [0.2, 0.25) is 0 Å². The molecular formula is C25H27N3O5S. The summed E-state index contributed by atoms with van der Waals surface area (Å²) in [5.41, 5.74) is 2.01. The molecule has 0 radical (unpaired) electrons. The molecule has 0 saturated carbocycles. The van der Waals surface area contributed by atoms with E-state index >= 15 is 0 Å². The Kier molecular flexibility index (Phi) is 7.44. The van der Waals surface area contributed by atoms with Gasteiger partial charge in [-0.2, -0.15) is 0 Å². The number of H-pyrrole nitrogens is 1. The van der Waals surface area contributed by atoms with Crippen LogP contribution in [0.1, 0.15) is 28.8 Å². The van der Waals surface area contributed by atoms with E-state index in [2.05, 4.69) is 10.3 Å². The van der Waals surface area contributed by atoms with Crippen molar-refractivity contribution in [2.45, 2.75) is 25.5 Å². The van der Waals surface area contributed by atoms with Gasteiger partial charge in [0.2, 0.25) is 0 Å². The number of thiocarbonyl (C=S) groups is 1. The molecule has 34 heavy (non-hydrogen) atoms. The Morgan fingerprint density at radius 1 is 1.24 bits per heavy atom. The maximum atomic E-state index is 12.9. The summed E-state index contributed by atoms with van der Waals surface area (Å²) in [6, 6.07) is 14.3. The fourth-order valence-electron chi connectivity index (χ4n) is 4.01. The van der Waals surface area contributed by atoms with E-state index in [0.717, 1.165) is 23.7 Å². The molecule has 1 fully saturated rings. The van der Waals surface area contributed by atoms with E-state index in [9.17, 15) is 9.59 Å².